The van der Waals surface area contributed by atoms with Gasteiger partial charge in [-0.25, -0.2) is 9.79 Å². The lowest BCUT2D eigenvalue weighted by molar-refractivity contribution is -0.385. The molecule has 250 valence electrons. The van der Waals surface area contributed by atoms with E-state index < -0.39 is 45.7 Å². The molecule has 0 saturated carbocycles. The van der Waals surface area contributed by atoms with Crippen LogP contribution in [0.3, 0.4) is 0 Å². The van der Waals surface area contributed by atoms with Crippen LogP contribution in [0.25, 0.3) is 6.08 Å². The van der Waals surface area contributed by atoms with Crippen molar-refractivity contribution in [2.24, 2.45) is 4.99 Å². The van der Waals surface area contributed by atoms with Gasteiger partial charge < -0.3 is 18.9 Å². The zero-order valence-electron chi connectivity index (χ0n) is 26.0. The molecule has 1 aliphatic heterocycles. The van der Waals surface area contributed by atoms with Gasteiger partial charge in [-0.2, -0.15) is 13.2 Å². The van der Waals surface area contributed by atoms with Crippen LogP contribution >= 0.6 is 11.3 Å². The maximum Gasteiger partial charge on any atom is 0.416 e. The third-order valence-electron chi connectivity index (χ3n) is 7.22. The van der Waals surface area contributed by atoms with Crippen LogP contribution < -0.4 is 29.1 Å². The van der Waals surface area contributed by atoms with Crippen LogP contribution in [-0.2, 0) is 15.7 Å². The Morgan fingerprint density at radius 2 is 1.75 bits per heavy atom. The van der Waals surface area contributed by atoms with E-state index >= 15 is 0 Å². The Morgan fingerprint density at radius 3 is 2.38 bits per heavy atom. The predicted octanol–water partition coefficient (Wildman–Crippen LogP) is 5.92. The molecule has 4 aromatic rings. The number of nitro benzene ring substituents is 1. The lowest BCUT2D eigenvalue weighted by atomic mass is 9.96. The molecule has 5 rings (SSSR count). The van der Waals surface area contributed by atoms with Crippen LogP contribution in [0.15, 0.2) is 81.7 Å². The van der Waals surface area contributed by atoms with E-state index in [4.69, 9.17) is 18.9 Å². The van der Waals surface area contributed by atoms with Crippen LogP contribution in [-0.4, -0.2) is 35.8 Å². The van der Waals surface area contributed by atoms with E-state index in [2.05, 4.69) is 4.99 Å². The number of benzene rings is 3. The summed E-state index contributed by atoms with van der Waals surface area (Å²) in [4.78, 5) is 42.6. The van der Waals surface area contributed by atoms with Gasteiger partial charge in [0.15, 0.2) is 16.3 Å². The predicted molar refractivity (Wildman–Crippen MR) is 169 cm³/mol. The Bertz CT molecular complexity index is 2100. The molecule has 11 nitrogen and oxygen atoms in total. The minimum atomic E-state index is -4.78. The number of allylic oxidation sites excluding steroid dienone is 1. The minimum absolute atomic E-state index is 0.00697. The van der Waals surface area contributed by atoms with Gasteiger partial charge in [0.25, 0.3) is 5.56 Å². The quantitative estimate of drug-likeness (QED) is 0.114. The molecule has 0 fully saturated rings. The maximum absolute atomic E-state index is 14.0. The molecule has 0 unspecified atom stereocenters. The molecular weight excluding hydrogens is 655 g/mol. The normalized spacial score (nSPS) is 14.6. The summed E-state index contributed by atoms with van der Waals surface area (Å²) in [5.74, 6) is -0.285. The van der Waals surface area contributed by atoms with E-state index in [0.717, 1.165) is 17.4 Å². The molecule has 0 aliphatic carbocycles. The van der Waals surface area contributed by atoms with Crippen LogP contribution in [0.2, 0.25) is 0 Å². The standard InChI is InChI=1S/C33H28F3N3O8S/c1-5-45-26-15-19(7-13-25(26)47-24-14-10-21(33(34,35)36)17-23(24)39(42)43)16-27-30(40)38-29(20-8-11-22(44-4)12-9-20)28(31(41)46-6-2)18(3)37-32(38)48-27/h7-17,29H,5-6H2,1-4H3/b27-16+/t29-/m1/s1. The highest BCUT2D eigenvalue weighted by Gasteiger charge is 2.35. The smallest absolute Gasteiger partial charge is 0.416 e. The molecule has 15 heteroatoms. The highest BCUT2D eigenvalue weighted by atomic mass is 32.1. The number of alkyl halides is 3. The summed E-state index contributed by atoms with van der Waals surface area (Å²) in [5, 5.41) is 11.6. The molecular formula is C33H28F3N3O8S. The molecule has 1 aromatic heterocycles. The first-order chi connectivity index (χ1) is 22.9. The van der Waals surface area contributed by atoms with Crippen molar-refractivity contribution in [2.45, 2.75) is 33.0 Å². The second-order valence-electron chi connectivity index (χ2n) is 10.3. The van der Waals surface area contributed by atoms with Gasteiger partial charge in [-0.05, 0) is 74.4 Å². The van der Waals surface area contributed by atoms with Crippen molar-refractivity contribution in [3.63, 3.8) is 0 Å². The number of hydrogen-bond acceptors (Lipinski definition) is 10. The first-order valence-corrected chi connectivity index (χ1v) is 15.3. The Hall–Kier alpha value is -5.44. The van der Waals surface area contributed by atoms with E-state index in [9.17, 15) is 32.9 Å². The van der Waals surface area contributed by atoms with Crippen molar-refractivity contribution in [2.75, 3.05) is 20.3 Å². The number of aromatic nitrogens is 1. The molecule has 0 radical (unpaired) electrons. The van der Waals surface area contributed by atoms with Gasteiger partial charge in [0.05, 0.1) is 52.7 Å². The number of hydrogen-bond donors (Lipinski definition) is 0. The van der Waals surface area contributed by atoms with Gasteiger partial charge in [-0.3, -0.25) is 19.5 Å². The van der Waals surface area contributed by atoms with Crippen molar-refractivity contribution < 1.29 is 41.8 Å². The average Bonchev–Trinajstić information content (AvgIpc) is 3.34. The van der Waals surface area contributed by atoms with Crippen LogP contribution in [0.5, 0.6) is 23.0 Å². The van der Waals surface area contributed by atoms with Gasteiger partial charge in [0.1, 0.15) is 5.75 Å². The molecule has 0 saturated heterocycles. The Balaban J connectivity index is 1.58. The fraction of sp³-hybridized carbons (Fsp3) is 0.242. The van der Waals surface area contributed by atoms with E-state index in [1.165, 1.54) is 23.8 Å². The number of fused-ring (bicyclic) bond motifs is 1. The van der Waals surface area contributed by atoms with Crippen molar-refractivity contribution in [3.05, 3.63) is 118 Å². The summed E-state index contributed by atoms with van der Waals surface area (Å²) < 4.78 is 63.2. The number of halogens is 3. The van der Waals surface area contributed by atoms with Crippen LogP contribution in [0, 0.1) is 10.1 Å². The number of carbonyl (C=O) groups is 1. The summed E-state index contributed by atoms with van der Waals surface area (Å²) in [6.07, 6.45) is -3.20. The van der Waals surface area contributed by atoms with E-state index in [0.29, 0.717) is 39.5 Å². The molecule has 0 bridgehead atoms. The summed E-state index contributed by atoms with van der Waals surface area (Å²) >= 11 is 1.11. The van der Waals surface area contributed by atoms with Crippen molar-refractivity contribution in [1.29, 1.82) is 0 Å². The Labute approximate surface area is 274 Å². The fourth-order valence-electron chi connectivity index (χ4n) is 5.05. The van der Waals surface area contributed by atoms with Gasteiger partial charge >= 0.3 is 17.8 Å². The summed E-state index contributed by atoms with van der Waals surface area (Å²) in [7, 11) is 1.53. The zero-order valence-corrected chi connectivity index (χ0v) is 26.8. The number of esters is 1. The van der Waals surface area contributed by atoms with Crippen LogP contribution in [0.1, 0.15) is 43.5 Å². The third-order valence-corrected chi connectivity index (χ3v) is 8.20. The van der Waals surface area contributed by atoms with E-state index in [-0.39, 0.29) is 34.8 Å². The monoisotopic (exact) mass is 683 g/mol. The minimum Gasteiger partial charge on any atom is -0.497 e. The molecule has 3 aromatic carbocycles. The number of ether oxygens (including phenoxy) is 4. The number of nitrogens with zero attached hydrogens (tertiary/aromatic N) is 3. The number of methoxy groups -OCH3 is 1. The molecule has 2 heterocycles. The van der Waals surface area contributed by atoms with Gasteiger partial charge in [0, 0.05) is 6.07 Å². The number of carbonyl (C=O) groups excluding carboxylic acids is 1. The fourth-order valence-corrected chi connectivity index (χ4v) is 6.10. The highest BCUT2D eigenvalue weighted by Crippen LogP contribution is 2.40. The Kier molecular flexibility index (Phi) is 9.70. The lowest BCUT2D eigenvalue weighted by Gasteiger charge is -2.24. The summed E-state index contributed by atoms with van der Waals surface area (Å²) in [5.41, 5.74) is -0.743. The zero-order chi connectivity index (χ0) is 34.7. The van der Waals surface area contributed by atoms with E-state index in [1.54, 1.807) is 57.2 Å². The summed E-state index contributed by atoms with van der Waals surface area (Å²) in [6, 6.07) is 12.6. The third kappa shape index (κ3) is 6.81. The Morgan fingerprint density at radius 1 is 1.04 bits per heavy atom. The second-order valence-corrected chi connectivity index (χ2v) is 11.3. The molecule has 0 N–H and O–H groups in total. The first kappa shape index (κ1) is 33.9. The van der Waals surface area contributed by atoms with Crippen LogP contribution in [0.4, 0.5) is 18.9 Å². The molecule has 0 amide bonds. The van der Waals surface area contributed by atoms with Gasteiger partial charge in [-0.15, -0.1) is 0 Å². The number of nitro groups is 1. The van der Waals surface area contributed by atoms with Gasteiger partial charge in [0.2, 0.25) is 5.75 Å². The molecule has 1 aliphatic rings. The summed E-state index contributed by atoms with van der Waals surface area (Å²) in [6.45, 7) is 5.34. The second kappa shape index (κ2) is 13.7. The van der Waals surface area contributed by atoms with Crippen molar-refractivity contribution in [3.8, 4) is 23.0 Å². The largest absolute Gasteiger partial charge is 0.497 e. The SMILES string of the molecule is CCOC(=O)C1=C(C)N=c2s/c(=C/c3ccc(Oc4ccc(C(F)(F)F)cc4[N+](=O)[O-])c(OCC)c3)c(=O)n2[C@@H]1c1ccc(OC)cc1. The topological polar surface area (TPSA) is 131 Å². The van der Waals surface area contributed by atoms with Crippen molar-refractivity contribution in [1.82, 2.24) is 4.57 Å². The molecule has 1 atom stereocenters. The number of rotatable bonds is 10. The highest BCUT2D eigenvalue weighted by molar-refractivity contribution is 7.07. The lowest BCUT2D eigenvalue weighted by Crippen LogP contribution is -2.39. The maximum atomic E-state index is 14.0. The van der Waals surface area contributed by atoms with E-state index in [1.807, 2.05) is 0 Å². The number of thiazole rings is 1. The van der Waals surface area contributed by atoms with Crippen molar-refractivity contribution >= 4 is 29.1 Å². The average molecular weight is 684 g/mol. The van der Waals surface area contributed by atoms with Gasteiger partial charge in [-0.1, -0.05) is 29.5 Å². The molecule has 0 spiro atoms. The molecule has 48 heavy (non-hydrogen) atoms. The first-order valence-electron chi connectivity index (χ1n) is 14.5.